The van der Waals surface area contributed by atoms with Crippen LogP contribution in [0, 0.1) is 0 Å². The van der Waals surface area contributed by atoms with E-state index in [-0.39, 0.29) is 11.9 Å². The molecule has 0 aromatic heterocycles. The minimum atomic E-state index is 0.0186. The molecular formula is C18H21ClN2O. The highest BCUT2D eigenvalue weighted by Gasteiger charge is 2.14. The average Bonchev–Trinajstić information content (AvgIpc) is 2.50. The molecule has 3 nitrogen and oxygen atoms in total. The van der Waals surface area contributed by atoms with Crippen molar-refractivity contribution in [1.29, 1.82) is 0 Å². The van der Waals surface area contributed by atoms with Crippen LogP contribution in [0.25, 0.3) is 0 Å². The van der Waals surface area contributed by atoms with Crippen molar-refractivity contribution in [2.24, 2.45) is 0 Å². The third kappa shape index (κ3) is 4.86. The van der Waals surface area contributed by atoms with Crippen molar-refractivity contribution in [2.75, 3.05) is 20.6 Å². The molecule has 0 aliphatic carbocycles. The van der Waals surface area contributed by atoms with Crippen molar-refractivity contribution >= 4 is 17.5 Å². The van der Waals surface area contributed by atoms with Crippen LogP contribution in [0.2, 0.25) is 5.02 Å². The van der Waals surface area contributed by atoms with E-state index in [0.717, 1.165) is 5.56 Å². The minimum absolute atomic E-state index is 0.0186. The van der Waals surface area contributed by atoms with Gasteiger partial charge in [0.2, 0.25) is 5.91 Å². The van der Waals surface area contributed by atoms with E-state index in [4.69, 9.17) is 11.6 Å². The van der Waals surface area contributed by atoms with Crippen LogP contribution in [0.5, 0.6) is 0 Å². The van der Waals surface area contributed by atoms with Crippen LogP contribution in [0.1, 0.15) is 17.2 Å². The molecule has 4 heteroatoms. The number of carbonyl (C=O) groups is 1. The van der Waals surface area contributed by atoms with Gasteiger partial charge in [-0.1, -0.05) is 54.1 Å². The van der Waals surface area contributed by atoms with E-state index < -0.39 is 0 Å². The standard InChI is InChI=1S/C18H21ClN2O/c1-21(2)17(15-6-4-3-5-7-15)13-20-18(22)12-14-8-10-16(19)11-9-14/h3-11,17H,12-13H2,1-2H3,(H,20,22)/t17-/m1/s1. The van der Waals surface area contributed by atoms with Gasteiger partial charge in [-0.25, -0.2) is 0 Å². The van der Waals surface area contributed by atoms with Gasteiger partial charge >= 0.3 is 0 Å². The van der Waals surface area contributed by atoms with Crippen LogP contribution in [-0.4, -0.2) is 31.4 Å². The quantitative estimate of drug-likeness (QED) is 0.887. The summed E-state index contributed by atoms with van der Waals surface area (Å²) >= 11 is 5.85. The number of nitrogens with zero attached hydrogens (tertiary/aromatic N) is 1. The van der Waals surface area contributed by atoms with Crippen molar-refractivity contribution < 1.29 is 4.79 Å². The summed E-state index contributed by atoms with van der Waals surface area (Å²) in [6, 6.07) is 17.7. The number of halogens is 1. The molecule has 2 aromatic rings. The smallest absolute Gasteiger partial charge is 0.224 e. The van der Waals surface area contributed by atoms with Crippen LogP contribution in [0.3, 0.4) is 0 Å². The number of rotatable bonds is 6. The second kappa shape index (κ2) is 7.97. The lowest BCUT2D eigenvalue weighted by molar-refractivity contribution is -0.120. The highest BCUT2D eigenvalue weighted by Crippen LogP contribution is 2.16. The first-order valence-electron chi connectivity index (χ1n) is 7.29. The van der Waals surface area contributed by atoms with Gasteiger partial charge in [0, 0.05) is 11.6 Å². The minimum Gasteiger partial charge on any atom is -0.354 e. The average molecular weight is 317 g/mol. The van der Waals surface area contributed by atoms with Crippen LogP contribution in [0.15, 0.2) is 54.6 Å². The molecule has 116 valence electrons. The maximum Gasteiger partial charge on any atom is 0.224 e. The number of likely N-dealkylation sites (N-methyl/N-ethyl adjacent to an activating group) is 1. The molecule has 0 aliphatic rings. The lowest BCUT2D eigenvalue weighted by Crippen LogP contribution is -2.35. The van der Waals surface area contributed by atoms with Gasteiger partial charge < -0.3 is 10.2 Å². The Balaban J connectivity index is 1.92. The van der Waals surface area contributed by atoms with E-state index in [9.17, 15) is 4.79 Å². The van der Waals surface area contributed by atoms with Gasteiger partial charge in [0.1, 0.15) is 0 Å². The van der Waals surface area contributed by atoms with Crippen molar-refractivity contribution in [3.05, 3.63) is 70.7 Å². The molecule has 2 rings (SSSR count). The van der Waals surface area contributed by atoms with E-state index in [0.29, 0.717) is 18.0 Å². The van der Waals surface area contributed by atoms with Crippen LogP contribution >= 0.6 is 11.6 Å². The lowest BCUT2D eigenvalue weighted by Gasteiger charge is -2.25. The number of amides is 1. The predicted molar refractivity (Wildman–Crippen MR) is 91.0 cm³/mol. The predicted octanol–water partition coefficient (Wildman–Crippen LogP) is 3.30. The summed E-state index contributed by atoms with van der Waals surface area (Å²) in [4.78, 5) is 14.2. The molecule has 0 saturated heterocycles. The monoisotopic (exact) mass is 316 g/mol. The molecule has 22 heavy (non-hydrogen) atoms. The van der Waals surface area contributed by atoms with E-state index in [1.807, 2.05) is 44.4 Å². The summed E-state index contributed by atoms with van der Waals surface area (Å²) in [6.07, 6.45) is 0.367. The van der Waals surface area contributed by atoms with Crippen molar-refractivity contribution in [3.63, 3.8) is 0 Å². The van der Waals surface area contributed by atoms with Gasteiger partial charge in [0.15, 0.2) is 0 Å². The van der Waals surface area contributed by atoms with Gasteiger partial charge in [0.05, 0.1) is 12.5 Å². The first-order chi connectivity index (χ1) is 10.6. The molecule has 0 aliphatic heterocycles. The molecule has 0 radical (unpaired) electrons. The summed E-state index contributed by atoms with van der Waals surface area (Å²) in [6.45, 7) is 0.587. The van der Waals surface area contributed by atoms with E-state index in [1.54, 1.807) is 12.1 Å². The van der Waals surface area contributed by atoms with Gasteiger partial charge in [-0.05, 0) is 37.4 Å². The summed E-state index contributed by atoms with van der Waals surface area (Å²) in [5.41, 5.74) is 2.15. The van der Waals surface area contributed by atoms with Crippen molar-refractivity contribution in [3.8, 4) is 0 Å². The molecule has 1 N–H and O–H groups in total. The zero-order valence-electron chi connectivity index (χ0n) is 12.9. The molecule has 0 bridgehead atoms. The Hall–Kier alpha value is -1.84. The molecule has 0 heterocycles. The van der Waals surface area contributed by atoms with Crippen molar-refractivity contribution in [2.45, 2.75) is 12.5 Å². The zero-order chi connectivity index (χ0) is 15.9. The van der Waals surface area contributed by atoms with E-state index >= 15 is 0 Å². The topological polar surface area (TPSA) is 32.3 Å². The second-order valence-corrected chi connectivity index (χ2v) is 5.93. The molecule has 1 amide bonds. The zero-order valence-corrected chi connectivity index (χ0v) is 13.7. The maximum absolute atomic E-state index is 12.1. The Kier molecular flexibility index (Phi) is 5.99. The van der Waals surface area contributed by atoms with Crippen LogP contribution in [0.4, 0.5) is 0 Å². The Morgan fingerprint density at radius 2 is 1.73 bits per heavy atom. The number of carbonyl (C=O) groups excluding carboxylic acids is 1. The summed E-state index contributed by atoms with van der Waals surface area (Å²) in [5.74, 6) is 0.0186. The molecular weight excluding hydrogens is 296 g/mol. The van der Waals surface area contributed by atoms with Gasteiger partial charge in [-0.2, -0.15) is 0 Å². The molecule has 0 unspecified atom stereocenters. The number of nitrogens with one attached hydrogen (secondary N) is 1. The molecule has 0 saturated carbocycles. The summed E-state index contributed by atoms with van der Waals surface area (Å²) in [7, 11) is 4.03. The number of hydrogen-bond donors (Lipinski definition) is 1. The third-order valence-electron chi connectivity index (χ3n) is 3.58. The summed E-state index contributed by atoms with van der Waals surface area (Å²) in [5, 5.41) is 3.69. The molecule has 2 aromatic carbocycles. The van der Waals surface area contributed by atoms with Crippen LogP contribution in [-0.2, 0) is 11.2 Å². The highest BCUT2D eigenvalue weighted by molar-refractivity contribution is 6.30. The highest BCUT2D eigenvalue weighted by atomic mass is 35.5. The molecule has 0 spiro atoms. The molecule has 0 fully saturated rings. The fraction of sp³-hybridized carbons (Fsp3) is 0.278. The summed E-state index contributed by atoms with van der Waals surface area (Å²) < 4.78 is 0. The molecule has 1 atom stereocenters. The first kappa shape index (κ1) is 16.5. The lowest BCUT2D eigenvalue weighted by atomic mass is 10.1. The number of hydrogen-bond acceptors (Lipinski definition) is 2. The van der Waals surface area contributed by atoms with Gasteiger partial charge in [0.25, 0.3) is 0 Å². The Morgan fingerprint density at radius 1 is 1.09 bits per heavy atom. The first-order valence-corrected chi connectivity index (χ1v) is 7.66. The van der Waals surface area contributed by atoms with Gasteiger partial charge in [-0.3, -0.25) is 4.79 Å². The van der Waals surface area contributed by atoms with Gasteiger partial charge in [-0.15, -0.1) is 0 Å². The second-order valence-electron chi connectivity index (χ2n) is 5.50. The van der Waals surface area contributed by atoms with Crippen LogP contribution < -0.4 is 5.32 Å². The fourth-order valence-electron chi connectivity index (χ4n) is 2.33. The van der Waals surface area contributed by atoms with E-state index in [2.05, 4.69) is 22.3 Å². The van der Waals surface area contributed by atoms with E-state index in [1.165, 1.54) is 5.56 Å². The fourth-order valence-corrected chi connectivity index (χ4v) is 2.46. The Morgan fingerprint density at radius 3 is 2.32 bits per heavy atom. The normalized spacial score (nSPS) is 12.2. The number of benzene rings is 2. The SMILES string of the molecule is CN(C)[C@H](CNC(=O)Cc1ccc(Cl)cc1)c1ccccc1. The third-order valence-corrected chi connectivity index (χ3v) is 3.83. The Labute approximate surface area is 136 Å². The largest absolute Gasteiger partial charge is 0.354 e. The Bertz CT molecular complexity index is 596. The maximum atomic E-state index is 12.1. The van der Waals surface area contributed by atoms with Crippen molar-refractivity contribution in [1.82, 2.24) is 10.2 Å².